The highest BCUT2D eigenvalue weighted by atomic mass is 14.6. The van der Waals surface area contributed by atoms with Crippen LogP contribution in [0.2, 0.25) is 0 Å². The Kier molecular flexibility index (Phi) is 2.10. The molecule has 1 heteroatoms. The van der Waals surface area contributed by atoms with Crippen LogP contribution in [0, 0.1) is 6.92 Å². The molecule has 0 aromatic heterocycles. The van der Waals surface area contributed by atoms with Gasteiger partial charge in [-0.15, -0.1) is 0 Å². The number of fused-ring (bicyclic) bond motifs is 1. The summed E-state index contributed by atoms with van der Waals surface area (Å²) in [6.07, 6.45) is 2.47. The largest absolute Gasteiger partial charge is 0.399 e. The van der Waals surface area contributed by atoms with Crippen LogP contribution in [-0.2, 0) is 6.42 Å². The van der Waals surface area contributed by atoms with Gasteiger partial charge in [0.1, 0.15) is 0 Å². The molecule has 0 radical (unpaired) electrons. The van der Waals surface area contributed by atoms with Crippen LogP contribution in [0.15, 0.2) is 18.7 Å². The Hall–Kier alpha value is -1.24. The van der Waals surface area contributed by atoms with E-state index in [4.69, 9.17) is 5.73 Å². The quantitative estimate of drug-likeness (QED) is 0.718. The van der Waals surface area contributed by atoms with Gasteiger partial charge in [0.25, 0.3) is 0 Å². The van der Waals surface area contributed by atoms with Gasteiger partial charge in [0.05, 0.1) is 0 Å². The molecule has 0 saturated heterocycles. The minimum Gasteiger partial charge on any atom is -0.399 e. The van der Waals surface area contributed by atoms with Crippen LogP contribution in [0.1, 0.15) is 41.5 Å². The van der Waals surface area contributed by atoms with Gasteiger partial charge in [-0.2, -0.15) is 0 Å². The fourth-order valence-corrected chi connectivity index (χ4v) is 2.44. The van der Waals surface area contributed by atoms with E-state index in [9.17, 15) is 0 Å². The minimum absolute atomic E-state index is 0.685. The van der Waals surface area contributed by atoms with E-state index in [1.807, 2.05) is 0 Å². The first-order valence-electron chi connectivity index (χ1n) is 5.18. The van der Waals surface area contributed by atoms with E-state index in [2.05, 4.69) is 32.6 Å². The molecule has 2 rings (SSSR count). The maximum atomic E-state index is 5.75. The van der Waals surface area contributed by atoms with Crippen LogP contribution in [-0.4, -0.2) is 0 Å². The van der Waals surface area contributed by atoms with Gasteiger partial charge in [0.15, 0.2) is 0 Å². The lowest BCUT2D eigenvalue weighted by atomic mass is 9.95. The van der Waals surface area contributed by atoms with E-state index in [0.717, 1.165) is 5.56 Å². The van der Waals surface area contributed by atoms with Crippen LogP contribution < -0.4 is 5.73 Å². The molecular formula is C13H17N. The van der Waals surface area contributed by atoms with Crippen LogP contribution >= 0.6 is 0 Å². The summed E-state index contributed by atoms with van der Waals surface area (Å²) in [6, 6.07) is 4.33. The summed E-state index contributed by atoms with van der Waals surface area (Å²) in [5.41, 5.74) is 11.9. The van der Waals surface area contributed by atoms with Gasteiger partial charge in [0, 0.05) is 5.70 Å². The second-order valence-electron chi connectivity index (χ2n) is 4.27. The van der Waals surface area contributed by atoms with Crippen molar-refractivity contribution in [3.05, 3.63) is 41.0 Å². The average molecular weight is 187 g/mol. The molecular weight excluding hydrogens is 170 g/mol. The monoisotopic (exact) mass is 187 g/mol. The molecule has 0 saturated carbocycles. The summed E-state index contributed by atoms with van der Waals surface area (Å²) >= 11 is 0. The molecule has 0 spiro atoms. The first-order chi connectivity index (χ1) is 6.61. The Morgan fingerprint density at radius 1 is 1.50 bits per heavy atom. The molecule has 74 valence electrons. The third kappa shape index (κ3) is 1.24. The second-order valence-corrected chi connectivity index (χ2v) is 4.27. The van der Waals surface area contributed by atoms with E-state index in [1.165, 1.54) is 29.5 Å². The third-order valence-corrected chi connectivity index (χ3v) is 3.34. The molecule has 1 unspecified atom stereocenters. The maximum Gasteiger partial charge on any atom is 0.0317 e. The standard InChI is InChI=1S/C13H17N/c1-8-4-5-13-9(2)12(10(3)14)7-6-11(8)13/h6-8H,3-5,14H2,1-2H3. The van der Waals surface area contributed by atoms with Crippen LogP contribution in [0.4, 0.5) is 0 Å². The SMILES string of the molecule is C=C(N)c1ccc2c(c1C)CCC2C. The lowest BCUT2D eigenvalue weighted by Gasteiger charge is -2.11. The van der Waals surface area contributed by atoms with Gasteiger partial charge in [-0.25, -0.2) is 0 Å². The highest BCUT2D eigenvalue weighted by Crippen LogP contribution is 2.36. The summed E-state index contributed by atoms with van der Waals surface area (Å²) in [7, 11) is 0. The van der Waals surface area contributed by atoms with E-state index in [0.29, 0.717) is 11.6 Å². The second kappa shape index (κ2) is 3.16. The molecule has 1 nitrogen and oxygen atoms in total. The Bertz CT molecular complexity index is 390. The number of rotatable bonds is 1. The van der Waals surface area contributed by atoms with Crippen LogP contribution in [0.3, 0.4) is 0 Å². The van der Waals surface area contributed by atoms with E-state index < -0.39 is 0 Å². The molecule has 14 heavy (non-hydrogen) atoms. The molecule has 0 heterocycles. The fraction of sp³-hybridized carbons (Fsp3) is 0.385. The molecule has 2 N–H and O–H groups in total. The Morgan fingerprint density at radius 3 is 2.86 bits per heavy atom. The topological polar surface area (TPSA) is 26.0 Å². The Balaban J connectivity index is 2.58. The van der Waals surface area contributed by atoms with Crippen molar-refractivity contribution in [3.8, 4) is 0 Å². The van der Waals surface area contributed by atoms with Gasteiger partial charge in [0.2, 0.25) is 0 Å². The molecule has 1 aliphatic carbocycles. The van der Waals surface area contributed by atoms with E-state index in [1.54, 1.807) is 0 Å². The zero-order chi connectivity index (χ0) is 10.3. The van der Waals surface area contributed by atoms with Crippen molar-refractivity contribution >= 4 is 5.70 Å². The smallest absolute Gasteiger partial charge is 0.0317 e. The zero-order valence-corrected chi connectivity index (χ0v) is 8.93. The summed E-state index contributed by atoms with van der Waals surface area (Å²) in [5, 5.41) is 0. The molecule has 1 aromatic carbocycles. The summed E-state index contributed by atoms with van der Waals surface area (Å²) in [4.78, 5) is 0. The molecule has 0 aliphatic heterocycles. The number of nitrogens with two attached hydrogens (primary N) is 1. The van der Waals surface area contributed by atoms with Gasteiger partial charge in [-0.3, -0.25) is 0 Å². The molecule has 1 aliphatic rings. The van der Waals surface area contributed by atoms with Crippen molar-refractivity contribution in [2.45, 2.75) is 32.6 Å². The normalized spacial score (nSPS) is 19.4. The fourth-order valence-electron chi connectivity index (χ4n) is 2.44. The lowest BCUT2D eigenvalue weighted by molar-refractivity contribution is 0.747. The number of benzene rings is 1. The van der Waals surface area contributed by atoms with Crippen molar-refractivity contribution in [1.29, 1.82) is 0 Å². The highest BCUT2D eigenvalue weighted by Gasteiger charge is 2.21. The molecule has 1 atom stereocenters. The first kappa shape index (κ1) is 9.32. The molecule has 1 aromatic rings. The summed E-state index contributed by atoms with van der Waals surface area (Å²) < 4.78 is 0. The van der Waals surface area contributed by atoms with Crippen molar-refractivity contribution in [2.75, 3.05) is 0 Å². The van der Waals surface area contributed by atoms with Crippen LogP contribution in [0.5, 0.6) is 0 Å². The zero-order valence-electron chi connectivity index (χ0n) is 8.93. The van der Waals surface area contributed by atoms with Crippen molar-refractivity contribution in [3.63, 3.8) is 0 Å². The van der Waals surface area contributed by atoms with Gasteiger partial charge in [-0.05, 0) is 47.9 Å². The number of hydrogen-bond donors (Lipinski definition) is 1. The molecule has 0 amide bonds. The van der Waals surface area contributed by atoms with Crippen molar-refractivity contribution in [1.82, 2.24) is 0 Å². The highest BCUT2D eigenvalue weighted by molar-refractivity contribution is 5.66. The van der Waals surface area contributed by atoms with E-state index >= 15 is 0 Å². The molecule has 0 fully saturated rings. The Labute approximate surface area is 85.6 Å². The first-order valence-corrected chi connectivity index (χ1v) is 5.18. The van der Waals surface area contributed by atoms with Crippen molar-refractivity contribution in [2.24, 2.45) is 5.73 Å². The average Bonchev–Trinajstić information content (AvgIpc) is 2.49. The molecule has 0 bridgehead atoms. The van der Waals surface area contributed by atoms with Crippen molar-refractivity contribution < 1.29 is 0 Å². The van der Waals surface area contributed by atoms with E-state index in [-0.39, 0.29) is 0 Å². The van der Waals surface area contributed by atoms with Gasteiger partial charge < -0.3 is 5.73 Å². The predicted octanol–water partition coefficient (Wildman–Crippen LogP) is 2.97. The van der Waals surface area contributed by atoms with Crippen LogP contribution in [0.25, 0.3) is 5.70 Å². The predicted molar refractivity (Wildman–Crippen MR) is 61.1 cm³/mol. The van der Waals surface area contributed by atoms with Gasteiger partial charge in [-0.1, -0.05) is 25.6 Å². The third-order valence-electron chi connectivity index (χ3n) is 3.34. The Morgan fingerprint density at radius 2 is 2.21 bits per heavy atom. The lowest BCUT2D eigenvalue weighted by Crippen LogP contribution is -2.00. The van der Waals surface area contributed by atoms with Gasteiger partial charge >= 0.3 is 0 Å². The minimum atomic E-state index is 0.685. The maximum absolute atomic E-state index is 5.75. The number of hydrogen-bond acceptors (Lipinski definition) is 1. The summed E-state index contributed by atoms with van der Waals surface area (Å²) in [5.74, 6) is 0.712. The summed E-state index contributed by atoms with van der Waals surface area (Å²) in [6.45, 7) is 8.26.